The molecule has 3 N–H and O–H groups in total. The second kappa shape index (κ2) is 5.92. The highest BCUT2D eigenvalue weighted by molar-refractivity contribution is 9.10. The van der Waals surface area contributed by atoms with Crippen LogP contribution < -0.4 is 15.8 Å². The molecular formula is C14H19BrN2O2. The first-order valence-electron chi connectivity index (χ1n) is 6.45. The molecule has 104 valence electrons. The summed E-state index contributed by atoms with van der Waals surface area (Å²) in [7, 11) is 1.60. The van der Waals surface area contributed by atoms with Crippen molar-refractivity contribution in [1.82, 2.24) is 0 Å². The Kier molecular flexibility index (Phi) is 4.47. The maximum absolute atomic E-state index is 12.1. The van der Waals surface area contributed by atoms with E-state index in [4.69, 9.17) is 10.5 Å². The fourth-order valence-corrected chi connectivity index (χ4v) is 2.84. The lowest BCUT2D eigenvalue weighted by molar-refractivity contribution is -0.117. The van der Waals surface area contributed by atoms with Gasteiger partial charge in [0, 0.05) is 22.5 Å². The topological polar surface area (TPSA) is 64.3 Å². The number of anilines is 1. The van der Waals surface area contributed by atoms with Crippen LogP contribution in [0.5, 0.6) is 5.75 Å². The zero-order valence-electron chi connectivity index (χ0n) is 11.0. The summed E-state index contributed by atoms with van der Waals surface area (Å²) in [4.78, 5) is 12.1. The average molecular weight is 327 g/mol. The lowest BCUT2D eigenvalue weighted by atomic mass is 9.94. The first kappa shape index (κ1) is 14.3. The Morgan fingerprint density at radius 1 is 1.47 bits per heavy atom. The van der Waals surface area contributed by atoms with Crippen LogP contribution in [-0.2, 0) is 4.79 Å². The van der Waals surface area contributed by atoms with Gasteiger partial charge in [0.15, 0.2) is 0 Å². The van der Waals surface area contributed by atoms with Crippen molar-refractivity contribution in [3.63, 3.8) is 0 Å². The maximum Gasteiger partial charge on any atom is 0.226 e. The van der Waals surface area contributed by atoms with Crippen molar-refractivity contribution in [2.75, 3.05) is 12.4 Å². The van der Waals surface area contributed by atoms with Crippen LogP contribution in [0.25, 0.3) is 0 Å². The van der Waals surface area contributed by atoms with E-state index in [0.29, 0.717) is 17.9 Å². The zero-order chi connectivity index (χ0) is 13.9. The summed E-state index contributed by atoms with van der Waals surface area (Å²) < 4.78 is 5.98. The third kappa shape index (κ3) is 3.70. The number of nitrogens with two attached hydrogens (primary N) is 1. The van der Waals surface area contributed by atoms with Gasteiger partial charge >= 0.3 is 0 Å². The summed E-state index contributed by atoms with van der Waals surface area (Å²) in [6, 6.07) is 5.48. The molecule has 4 nitrogen and oxygen atoms in total. The summed E-state index contributed by atoms with van der Waals surface area (Å²) in [6.45, 7) is 0. The van der Waals surface area contributed by atoms with Crippen LogP contribution >= 0.6 is 15.9 Å². The predicted molar refractivity (Wildman–Crippen MR) is 79.3 cm³/mol. The molecule has 0 bridgehead atoms. The Labute approximate surface area is 121 Å². The van der Waals surface area contributed by atoms with Gasteiger partial charge in [-0.1, -0.05) is 12.8 Å². The van der Waals surface area contributed by atoms with Gasteiger partial charge in [-0.2, -0.15) is 0 Å². The molecule has 19 heavy (non-hydrogen) atoms. The molecule has 1 aliphatic rings. The normalized spacial score (nSPS) is 17.2. The van der Waals surface area contributed by atoms with E-state index < -0.39 is 0 Å². The molecule has 0 aliphatic heterocycles. The van der Waals surface area contributed by atoms with Crippen LogP contribution in [-0.4, -0.2) is 18.6 Å². The largest absolute Gasteiger partial charge is 0.497 e. The van der Waals surface area contributed by atoms with Gasteiger partial charge in [-0.3, -0.25) is 4.79 Å². The van der Waals surface area contributed by atoms with E-state index in [1.807, 2.05) is 12.1 Å². The number of halogens is 1. The number of amides is 1. The number of nitrogens with one attached hydrogen (secondary N) is 1. The van der Waals surface area contributed by atoms with Gasteiger partial charge in [0.25, 0.3) is 0 Å². The SMILES string of the molecule is COc1ccc(Br)c(NC(=O)CC2(N)CCCC2)c1. The molecule has 0 saturated heterocycles. The monoisotopic (exact) mass is 326 g/mol. The van der Waals surface area contributed by atoms with Crippen LogP contribution in [0.2, 0.25) is 0 Å². The molecule has 5 heteroatoms. The average Bonchev–Trinajstić information content (AvgIpc) is 2.78. The van der Waals surface area contributed by atoms with Gasteiger partial charge in [0.2, 0.25) is 5.91 Å². The molecule has 0 spiro atoms. The summed E-state index contributed by atoms with van der Waals surface area (Å²) in [5.41, 5.74) is 6.60. The van der Waals surface area contributed by atoms with Gasteiger partial charge in [-0.25, -0.2) is 0 Å². The maximum atomic E-state index is 12.1. The summed E-state index contributed by atoms with van der Waals surface area (Å²) in [5.74, 6) is 0.667. The molecule has 1 aliphatic carbocycles. The van der Waals surface area contributed by atoms with Gasteiger partial charge in [-0.05, 0) is 40.9 Å². The Hall–Kier alpha value is -1.07. The first-order chi connectivity index (χ1) is 9.02. The van der Waals surface area contributed by atoms with Gasteiger partial charge in [-0.15, -0.1) is 0 Å². The predicted octanol–water partition coefficient (Wildman–Crippen LogP) is 3.06. The highest BCUT2D eigenvalue weighted by Gasteiger charge is 2.31. The number of methoxy groups -OCH3 is 1. The molecule has 1 fully saturated rings. The fraction of sp³-hybridized carbons (Fsp3) is 0.500. The molecule has 1 amide bonds. The third-order valence-electron chi connectivity index (χ3n) is 3.56. The van der Waals surface area contributed by atoms with Gasteiger partial charge in [0.05, 0.1) is 12.8 Å². The van der Waals surface area contributed by atoms with E-state index in [1.54, 1.807) is 13.2 Å². The van der Waals surface area contributed by atoms with E-state index in [0.717, 1.165) is 30.2 Å². The second-order valence-electron chi connectivity index (χ2n) is 5.14. The van der Waals surface area contributed by atoms with Crippen LogP contribution in [0.15, 0.2) is 22.7 Å². The van der Waals surface area contributed by atoms with Crippen LogP contribution in [0.3, 0.4) is 0 Å². The van der Waals surface area contributed by atoms with Gasteiger partial charge in [0.1, 0.15) is 5.75 Å². The Morgan fingerprint density at radius 3 is 2.79 bits per heavy atom. The zero-order valence-corrected chi connectivity index (χ0v) is 12.6. The number of ether oxygens (including phenoxy) is 1. The lowest BCUT2D eigenvalue weighted by Crippen LogP contribution is -2.40. The minimum Gasteiger partial charge on any atom is -0.497 e. The van der Waals surface area contributed by atoms with Crippen molar-refractivity contribution in [2.45, 2.75) is 37.6 Å². The van der Waals surface area contributed by atoms with Crippen molar-refractivity contribution in [2.24, 2.45) is 5.73 Å². The molecule has 0 unspecified atom stereocenters. The van der Waals surface area contributed by atoms with E-state index in [2.05, 4.69) is 21.2 Å². The van der Waals surface area contributed by atoms with Crippen molar-refractivity contribution in [3.8, 4) is 5.75 Å². The van der Waals surface area contributed by atoms with E-state index in [9.17, 15) is 4.79 Å². The summed E-state index contributed by atoms with van der Waals surface area (Å²) in [6.07, 6.45) is 4.47. The van der Waals surface area contributed by atoms with Crippen molar-refractivity contribution >= 4 is 27.5 Å². The van der Waals surface area contributed by atoms with Crippen LogP contribution in [0, 0.1) is 0 Å². The lowest BCUT2D eigenvalue weighted by Gasteiger charge is -2.22. The molecule has 1 aromatic rings. The van der Waals surface area contributed by atoms with E-state index >= 15 is 0 Å². The minimum atomic E-state index is -0.324. The molecular weight excluding hydrogens is 308 g/mol. The van der Waals surface area contributed by atoms with E-state index in [-0.39, 0.29) is 11.4 Å². The molecule has 0 aromatic heterocycles. The Balaban J connectivity index is 2.02. The Morgan fingerprint density at radius 2 is 2.16 bits per heavy atom. The molecule has 1 aromatic carbocycles. The first-order valence-corrected chi connectivity index (χ1v) is 7.24. The third-order valence-corrected chi connectivity index (χ3v) is 4.25. The molecule has 0 heterocycles. The molecule has 2 rings (SSSR count). The highest BCUT2D eigenvalue weighted by Crippen LogP contribution is 2.31. The number of carbonyl (C=O) groups is 1. The van der Waals surface area contributed by atoms with Crippen molar-refractivity contribution < 1.29 is 9.53 Å². The molecule has 0 radical (unpaired) electrons. The number of hydrogen-bond acceptors (Lipinski definition) is 3. The van der Waals surface area contributed by atoms with Crippen LogP contribution in [0.4, 0.5) is 5.69 Å². The smallest absolute Gasteiger partial charge is 0.226 e. The number of benzene rings is 1. The highest BCUT2D eigenvalue weighted by atomic mass is 79.9. The summed E-state index contributed by atoms with van der Waals surface area (Å²) >= 11 is 3.41. The standard InChI is InChI=1S/C14H19BrN2O2/c1-19-10-4-5-11(15)12(8-10)17-13(18)9-14(16)6-2-3-7-14/h4-5,8H,2-3,6-7,9,16H2,1H3,(H,17,18). The van der Waals surface area contributed by atoms with E-state index in [1.165, 1.54) is 0 Å². The molecule has 1 saturated carbocycles. The molecule has 0 atom stereocenters. The number of rotatable bonds is 4. The fourth-order valence-electron chi connectivity index (χ4n) is 2.50. The minimum absolute atomic E-state index is 0.0432. The number of carbonyl (C=O) groups excluding carboxylic acids is 1. The Bertz CT molecular complexity index is 471. The van der Waals surface area contributed by atoms with Crippen molar-refractivity contribution in [1.29, 1.82) is 0 Å². The van der Waals surface area contributed by atoms with Crippen molar-refractivity contribution in [3.05, 3.63) is 22.7 Å². The quantitative estimate of drug-likeness (QED) is 0.893. The number of hydrogen-bond donors (Lipinski definition) is 2. The second-order valence-corrected chi connectivity index (χ2v) is 5.99. The summed E-state index contributed by atoms with van der Waals surface area (Å²) in [5, 5.41) is 2.89. The van der Waals surface area contributed by atoms with Gasteiger partial charge < -0.3 is 15.8 Å². The van der Waals surface area contributed by atoms with Crippen LogP contribution in [0.1, 0.15) is 32.1 Å².